The van der Waals surface area contributed by atoms with Gasteiger partial charge in [0.25, 0.3) is 0 Å². The van der Waals surface area contributed by atoms with Crippen LogP contribution in [0.5, 0.6) is 0 Å². The van der Waals surface area contributed by atoms with Crippen molar-refractivity contribution in [1.29, 1.82) is 0 Å². The number of piperidine rings is 2. The molecule has 0 saturated carbocycles. The monoisotopic (exact) mass is 453 g/mol. The second-order valence-electron chi connectivity index (χ2n) is 9.03. The molecule has 4 rings (SSSR count). The number of alkyl halides is 3. The minimum atomic E-state index is -4.41. The predicted molar refractivity (Wildman–Crippen MR) is 112 cm³/mol. The number of carbonyl (C=O) groups is 1. The Hall–Kier alpha value is -2.30. The van der Waals surface area contributed by atoms with Gasteiger partial charge in [0.1, 0.15) is 6.54 Å². The van der Waals surface area contributed by atoms with Gasteiger partial charge < -0.3 is 20.7 Å². The van der Waals surface area contributed by atoms with Gasteiger partial charge >= 0.3 is 6.18 Å². The van der Waals surface area contributed by atoms with Gasteiger partial charge in [0.05, 0.1) is 22.9 Å². The molecule has 2 saturated heterocycles. The van der Waals surface area contributed by atoms with Crippen LogP contribution in [0.15, 0.2) is 36.2 Å². The molecule has 4 N–H and O–H groups in total. The van der Waals surface area contributed by atoms with E-state index < -0.39 is 17.3 Å². The normalized spacial score (nSPS) is 29.0. The fourth-order valence-corrected chi connectivity index (χ4v) is 4.81. The number of halogens is 3. The van der Waals surface area contributed by atoms with Crippen LogP contribution in [0.25, 0.3) is 0 Å². The first-order chi connectivity index (χ1) is 15.1. The van der Waals surface area contributed by atoms with Crippen molar-refractivity contribution < 1.29 is 23.1 Å². The molecule has 0 aliphatic carbocycles. The molecule has 0 radical (unpaired) electrons. The zero-order chi connectivity index (χ0) is 22.9. The molecule has 1 aromatic rings. The van der Waals surface area contributed by atoms with Gasteiger partial charge in [-0.3, -0.25) is 9.80 Å². The van der Waals surface area contributed by atoms with E-state index in [1.807, 2.05) is 18.0 Å². The van der Waals surface area contributed by atoms with Crippen LogP contribution < -0.4 is 16.3 Å². The quantitative estimate of drug-likeness (QED) is 0.560. The fourth-order valence-electron chi connectivity index (χ4n) is 4.81. The summed E-state index contributed by atoms with van der Waals surface area (Å²) in [5.41, 5.74) is 5.28. The van der Waals surface area contributed by atoms with Gasteiger partial charge in [-0.2, -0.15) is 13.2 Å². The zero-order valence-electron chi connectivity index (χ0n) is 18.1. The molecule has 0 spiro atoms. The van der Waals surface area contributed by atoms with Gasteiger partial charge in [-0.25, -0.2) is 0 Å². The first-order valence-corrected chi connectivity index (χ1v) is 11.1. The van der Waals surface area contributed by atoms with Crippen LogP contribution in [0, 0.1) is 0 Å². The molecule has 3 aliphatic rings. The van der Waals surface area contributed by atoms with E-state index in [0.29, 0.717) is 12.0 Å². The maximum atomic E-state index is 12.9. The number of hydrogen-bond donors (Lipinski definition) is 4. The molecule has 0 aromatic heterocycles. The van der Waals surface area contributed by atoms with E-state index in [2.05, 4.69) is 16.3 Å². The third-order valence-corrected chi connectivity index (χ3v) is 6.45. The third kappa shape index (κ3) is 5.02. The number of benzene rings is 1. The van der Waals surface area contributed by atoms with Crippen LogP contribution in [0.1, 0.15) is 50.2 Å². The Labute approximate surface area is 185 Å². The summed E-state index contributed by atoms with van der Waals surface area (Å²) in [6.45, 7) is 3.71. The lowest BCUT2D eigenvalue weighted by molar-refractivity contribution is -0.137. The lowest BCUT2D eigenvalue weighted by Gasteiger charge is -2.41. The molecule has 0 bridgehead atoms. The van der Waals surface area contributed by atoms with Gasteiger partial charge in [0.15, 0.2) is 0 Å². The van der Waals surface area contributed by atoms with Crippen LogP contribution in [0.3, 0.4) is 0 Å². The number of carbonyl (C=O) groups excluding carboxylic acids is 1. The van der Waals surface area contributed by atoms with Crippen molar-refractivity contribution in [3.8, 4) is 0 Å². The molecule has 3 atom stereocenters. The molecular weight excluding hydrogens is 423 g/mol. The van der Waals surface area contributed by atoms with Crippen molar-refractivity contribution in [2.75, 3.05) is 19.6 Å². The summed E-state index contributed by atoms with van der Waals surface area (Å²) in [5, 5.41) is 16.5. The summed E-state index contributed by atoms with van der Waals surface area (Å²) in [7, 11) is 0. The van der Waals surface area contributed by atoms with Crippen LogP contribution in [0.2, 0.25) is 0 Å². The van der Waals surface area contributed by atoms with Crippen LogP contribution in [-0.2, 0) is 16.6 Å². The summed E-state index contributed by atoms with van der Waals surface area (Å²) < 4.78 is 38.7. The number of hydrogen-bond acceptors (Lipinski definition) is 6. The molecule has 3 heterocycles. The zero-order valence-corrected chi connectivity index (χ0v) is 18.1. The topological polar surface area (TPSA) is 79.9 Å². The third-order valence-electron chi connectivity index (χ3n) is 6.45. The first-order valence-electron chi connectivity index (χ1n) is 11.1. The van der Waals surface area contributed by atoms with Crippen molar-refractivity contribution in [1.82, 2.24) is 26.2 Å². The Balaban J connectivity index is 1.43. The van der Waals surface area contributed by atoms with E-state index in [1.165, 1.54) is 12.1 Å². The lowest BCUT2D eigenvalue weighted by Crippen LogP contribution is -2.53. The number of hydrazine groups is 2. The molecule has 32 heavy (non-hydrogen) atoms. The minimum absolute atomic E-state index is 0.0581. The second-order valence-corrected chi connectivity index (χ2v) is 9.03. The highest BCUT2D eigenvalue weighted by Gasteiger charge is 2.41. The molecule has 1 unspecified atom stereocenters. The molecule has 3 aliphatic heterocycles. The lowest BCUT2D eigenvalue weighted by atomic mass is 9.78. The molecule has 10 heteroatoms. The van der Waals surface area contributed by atoms with Gasteiger partial charge in [0.2, 0.25) is 5.91 Å². The Morgan fingerprint density at radius 3 is 2.50 bits per heavy atom. The largest absolute Gasteiger partial charge is 0.416 e. The SMILES string of the molecule is C[C@H]1CC(O)(c2ccc(C(F)(F)F)cc2)C[C@@H](C2=CN(CC(=O)N3CCCCC3)NN2)N1. The summed E-state index contributed by atoms with van der Waals surface area (Å²) in [6, 6.07) is 4.42. The van der Waals surface area contributed by atoms with E-state index in [4.69, 9.17) is 0 Å². The first kappa shape index (κ1) is 22.9. The Morgan fingerprint density at radius 1 is 1.16 bits per heavy atom. The number of aliphatic hydroxyl groups is 1. The molecule has 1 amide bonds. The molecular formula is C22H30F3N5O2. The highest BCUT2D eigenvalue weighted by atomic mass is 19.4. The fraction of sp³-hybridized carbons (Fsp3) is 0.591. The Bertz CT molecular complexity index is 854. The average Bonchev–Trinajstić information content (AvgIpc) is 3.22. The summed E-state index contributed by atoms with van der Waals surface area (Å²) in [4.78, 5) is 14.4. The minimum Gasteiger partial charge on any atom is -0.385 e. The van der Waals surface area contributed by atoms with Crippen molar-refractivity contribution in [3.63, 3.8) is 0 Å². The second kappa shape index (κ2) is 8.92. The highest BCUT2D eigenvalue weighted by molar-refractivity contribution is 5.78. The Morgan fingerprint density at radius 2 is 1.84 bits per heavy atom. The maximum Gasteiger partial charge on any atom is 0.416 e. The van der Waals surface area contributed by atoms with Crippen molar-refractivity contribution in [3.05, 3.63) is 47.3 Å². The number of rotatable bonds is 4. The predicted octanol–water partition coefficient (Wildman–Crippen LogP) is 2.21. The number of amides is 1. The number of likely N-dealkylation sites (tertiary alicyclic amines) is 1. The van der Waals surface area contributed by atoms with Crippen LogP contribution >= 0.6 is 0 Å². The standard InChI is InChI=1S/C22H30F3N5O2/c1-15-11-21(32,16-5-7-17(8-6-16)22(23,24)25)12-18(26-15)19-13-30(28-27-19)14-20(31)29-9-3-2-4-10-29/h5-8,13,15,18,26-28,32H,2-4,9-12,14H2,1H3/t15-,18-,21?/m0/s1. The highest BCUT2D eigenvalue weighted by Crippen LogP contribution is 2.38. The van der Waals surface area contributed by atoms with Crippen molar-refractivity contribution in [2.45, 2.75) is 62.9 Å². The van der Waals surface area contributed by atoms with Gasteiger partial charge in [-0.05, 0) is 50.3 Å². The van der Waals surface area contributed by atoms with E-state index >= 15 is 0 Å². The smallest absolute Gasteiger partial charge is 0.385 e. The Kier molecular flexibility index (Phi) is 6.37. The van der Waals surface area contributed by atoms with Crippen LogP contribution in [0.4, 0.5) is 13.2 Å². The van der Waals surface area contributed by atoms with Gasteiger partial charge in [0, 0.05) is 31.8 Å². The molecule has 7 nitrogen and oxygen atoms in total. The van der Waals surface area contributed by atoms with Gasteiger partial charge in [-0.15, -0.1) is 5.53 Å². The number of nitrogens with one attached hydrogen (secondary N) is 3. The van der Waals surface area contributed by atoms with Crippen molar-refractivity contribution >= 4 is 5.91 Å². The average molecular weight is 454 g/mol. The van der Waals surface area contributed by atoms with E-state index in [0.717, 1.165) is 50.2 Å². The summed E-state index contributed by atoms with van der Waals surface area (Å²) in [5.74, 6) is 0.0581. The molecule has 1 aromatic carbocycles. The van der Waals surface area contributed by atoms with Gasteiger partial charge in [-0.1, -0.05) is 12.1 Å². The van der Waals surface area contributed by atoms with E-state index in [9.17, 15) is 23.1 Å². The van der Waals surface area contributed by atoms with Crippen molar-refractivity contribution in [2.24, 2.45) is 0 Å². The summed E-state index contributed by atoms with van der Waals surface area (Å²) in [6.07, 6.45) is 1.29. The maximum absolute atomic E-state index is 12.9. The molecule has 2 fully saturated rings. The van der Waals surface area contributed by atoms with Crippen LogP contribution in [-0.4, -0.2) is 52.6 Å². The van der Waals surface area contributed by atoms with E-state index in [1.54, 1.807) is 5.01 Å². The molecule has 176 valence electrons. The number of nitrogens with zero attached hydrogens (tertiary/aromatic N) is 2. The summed E-state index contributed by atoms with van der Waals surface area (Å²) >= 11 is 0. The van der Waals surface area contributed by atoms with E-state index in [-0.39, 0.29) is 31.0 Å².